The molecule has 1 aliphatic heterocycles. The van der Waals surface area contributed by atoms with Gasteiger partial charge in [0.25, 0.3) is 0 Å². The number of nitriles is 1. The molecule has 1 aliphatic rings. The molecule has 1 heterocycles. The third-order valence-corrected chi connectivity index (χ3v) is 1.97. The van der Waals surface area contributed by atoms with Crippen LogP contribution in [-0.4, -0.2) is 24.6 Å². The number of hydrogen-bond donors (Lipinski definition) is 0. The van der Waals surface area contributed by atoms with Crippen LogP contribution in [0.2, 0.25) is 0 Å². The Morgan fingerprint density at radius 3 is 2.93 bits per heavy atom. The summed E-state index contributed by atoms with van der Waals surface area (Å²) in [6.45, 7) is 4.92. The second-order valence-corrected chi connectivity index (χ2v) is 3.36. The Labute approximate surface area is 87.3 Å². The van der Waals surface area contributed by atoms with E-state index in [4.69, 9.17) is 14.7 Å². The van der Waals surface area contributed by atoms with E-state index in [1.54, 1.807) is 0 Å². The average Bonchev–Trinajstić information content (AvgIpc) is 2.55. The number of carbonyl (C=O) groups excluding carboxylic acids is 2. The molecule has 80 valence electrons. The molecule has 5 heteroatoms. The molecule has 0 aliphatic carbocycles. The second-order valence-electron chi connectivity index (χ2n) is 3.36. The smallest absolute Gasteiger partial charge is 0.333 e. The molecule has 2 unspecified atom stereocenters. The minimum atomic E-state index is -0.737. The molecular weight excluding hydrogens is 198 g/mol. The van der Waals surface area contributed by atoms with E-state index in [2.05, 4.69) is 6.58 Å². The normalized spacial score (nSPS) is 24.1. The number of rotatable bonds is 3. The molecule has 0 aromatic heterocycles. The lowest BCUT2D eigenvalue weighted by atomic mass is 10.1. The third kappa shape index (κ3) is 2.81. The fraction of sp³-hybridized carbons (Fsp3) is 0.500. The molecule has 15 heavy (non-hydrogen) atoms. The van der Waals surface area contributed by atoms with E-state index >= 15 is 0 Å². The number of hydrogen-bond acceptors (Lipinski definition) is 5. The van der Waals surface area contributed by atoms with Gasteiger partial charge in [0.2, 0.25) is 0 Å². The van der Waals surface area contributed by atoms with E-state index in [-0.39, 0.29) is 18.6 Å². The van der Waals surface area contributed by atoms with Crippen LogP contribution in [0.3, 0.4) is 0 Å². The molecule has 0 N–H and O–H groups in total. The molecule has 0 radical (unpaired) electrons. The first-order valence-electron chi connectivity index (χ1n) is 4.47. The lowest BCUT2D eigenvalue weighted by molar-refractivity contribution is -0.150. The molecular formula is C10H11NO4. The van der Waals surface area contributed by atoms with Crippen molar-refractivity contribution in [1.82, 2.24) is 0 Å². The molecule has 1 rings (SSSR count). The van der Waals surface area contributed by atoms with Gasteiger partial charge in [-0.3, -0.25) is 4.79 Å². The number of esters is 2. The maximum Gasteiger partial charge on any atom is 0.333 e. The van der Waals surface area contributed by atoms with Crippen LogP contribution in [-0.2, 0) is 19.1 Å². The summed E-state index contributed by atoms with van der Waals surface area (Å²) >= 11 is 0. The molecule has 1 saturated heterocycles. The van der Waals surface area contributed by atoms with Gasteiger partial charge in [-0.1, -0.05) is 6.58 Å². The lowest BCUT2D eigenvalue weighted by Crippen LogP contribution is -2.18. The van der Waals surface area contributed by atoms with E-state index in [1.807, 2.05) is 6.07 Å². The van der Waals surface area contributed by atoms with Crippen molar-refractivity contribution < 1.29 is 19.1 Å². The van der Waals surface area contributed by atoms with Gasteiger partial charge in [0, 0.05) is 12.0 Å². The fourth-order valence-electron chi connectivity index (χ4n) is 1.15. The first kappa shape index (κ1) is 11.2. The van der Waals surface area contributed by atoms with Crippen LogP contribution in [0.15, 0.2) is 12.2 Å². The van der Waals surface area contributed by atoms with Crippen LogP contribution < -0.4 is 0 Å². The van der Waals surface area contributed by atoms with Crippen LogP contribution in [0.4, 0.5) is 0 Å². The van der Waals surface area contributed by atoms with Crippen LogP contribution in [0.25, 0.3) is 0 Å². The zero-order valence-corrected chi connectivity index (χ0v) is 8.36. The third-order valence-electron chi connectivity index (χ3n) is 1.97. The summed E-state index contributed by atoms with van der Waals surface area (Å²) in [5.41, 5.74) is 0.288. The van der Waals surface area contributed by atoms with Gasteiger partial charge in [-0.15, -0.1) is 0 Å². The van der Waals surface area contributed by atoms with Crippen LogP contribution in [0, 0.1) is 17.2 Å². The molecule has 0 spiro atoms. The Morgan fingerprint density at radius 2 is 2.47 bits per heavy atom. The predicted octanol–water partition coefficient (Wildman–Crippen LogP) is 0.561. The maximum absolute atomic E-state index is 11.0. The predicted molar refractivity (Wildman–Crippen MR) is 49.4 cm³/mol. The number of ether oxygens (including phenoxy) is 2. The van der Waals surface area contributed by atoms with Gasteiger partial charge in [0.05, 0.1) is 6.07 Å². The van der Waals surface area contributed by atoms with Crippen molar-refractivity contribution in [2.75, 3.05) is 6.61 Å². The molecule has 5 nitrogen and oxygen atoms in total. The summed E-state index contributed by atoms with van der Waals surface area (Å²) in [6, 6.07) is 1.82. The van der Waals surface area contributed by atoms with Gasteiger partial charge in [-0.25, -0.2) is 4.79 Å². The van der Waals surface area contributed by atoms with Gasteiger partial charge < -0.3 is 9.47 Å². The monoisotopic (exact) mass is 209 g/mol. The molecule has 0 amide bonds. The van der Waals surface area contributed by atoms with Crippen molar-refractivity contribution >= 4 is 11.9 Å². The van der Waals surface area contributed by atoms with E-state index in [1.165, 1.54) is 6.92 Å². The fourth-order valence-corrected chi connectivity index (χ4v) is 1.15. The van der Waals surface area contributed by atoms with Crippen molar-refractivity contribution in [2.24, 2.45) is 5.92 Å². The van der Waals surface area contributed by atoms with Crippen LogP contribution in [0.1, 0.15) is 13.3 Å². The molecule has 0 bridgehead atoms. The summed E-state index contributed by atoms with van der Waals surface area (Å²) in [5.74, 6) is -1.81. The highest BCUT2D eigenvalue weighted by Crippen LogP contribution is 2.20. The zero-order chi connectivity index (χ0) is 11.4. The van der Waals surface area contributed by atoms with E-state index < -0.39 is 24.0 Å². The van der Waals surface area contributed by atoms with Gasteiger partial charge in [-0.05, 0) is 6.92 Å². The zero-order valence-electron chi connectivity index (χ0n) is 8.36. The molecule has 2 atom stereocenters. The Kier molecular flexibility index (Phi) is 3.45. The van der Waals surface area contributed by atoms with E-state index in [0.29, 0.717) is 0 Å². The van der Waals surface area contributed by atoms with Crippen molar-refractivity contribution in [2.45, 2.75) is 19.4 Å². The Bertz CT molecular complexity index is 342. The summed E-state index contributed by atoms with van der Waals surface area (Å²) in [7, 11) is 0. The van der Waals surface area contributed by atoms with Crippen LogP contribution >= 0.6 is 0 Å². The minimum Gasteiger partial charge on any atom is -0.458 e. The van der Waals surface area contributed by atoms with Gasteiger partial charge >= 0.3 is 11.9 Å². The Hall–Kier alpha value is -1.83. The number of carbonyl (C=O) groups is 2. The summed E-state index contributed by atoms with van der Waals surface area (Å²) in [6.07, 6.45) is -0.232. The van der Waals surface area contributed by atoms with Crippen molar-refractivity contribution in [3.05, 3.63) is 12.2 Å². The minimum absolute atomic E-state index is 0.0182. The van der Waals surface area contributed by atoms with Crippen molar-refractivity contribution in [1.29, 1.82) is 5.26 Å². The Morgan fingerprint density at radius 1 is 1.80 bits per heavy atom. The van der Waals surface area contributed by atoms with E-state index in [0.717, 1.165) is 0 Å². The number of cyclic esters (lactones) is 1. The molecule has 1 fully saturated rings. The highest BCUT2D eigenvalue weighted by Gasteiger charge is 2.35. The molecule has 0 saturated carbocycles. The first-order valence-corrected chi connectivity index (χ1v) is 4.47. The second kappa shape index (κ2) is 4.60. The largest absolute Gasteiger partial charge is 0.458 e. The average molecular weight is 209 g/mol. The number of nitrogens with zero attached hydrogens (tertiary/aromatic N) is 1. The standard InChI is InChI=1S/C10H11NO4/c1-6(2)9(12)14-5-8-3-7(4-11)10(13)15-8/h7-8H,1,3,5H2,2H3. The molecule has 0 aromatic rings. The highest BCUT2D eigenvalue weighted by molar-refractivity contribution is 5.87. The van der Waals surface area contributed by atoms with E-state index in [9.17, 15) is 9.59 Å². The first-order chi connectivity index (χ1) is 7.04. The van der Waals surface area contributed by atoms with Crippen LogP contribution in [0.5, 0.6) is 0 Å². The summed E-state index contributed by atoms with van der Waals surface area (Å²) < 4.78 is 9.63. The summed E-state index contributed by atoms with van der Waals surface area (Å²) in [4.78, 5) is 22.0. The van der Waals surface area contributed by atoms with Crippen molar-refractivity contribution in [3.63, 3.8) is 0 Å². The Balaban J connectivity index is 2.37. The lowest BCUT2D eigenvalue weighted by Gasteiger charge is -2.09. The highest BCUT2D eigenvalue weighted by atomic mass is 16.6. The van der Waals surface area contributed by atoms with Gasteiger partial charge in [0.15, 0.2) is 0 Å². The van der Waals surface area contributed by atoms with Gasteiger partial charge in [0.1, 0.15) is 18.6 Å². The molecule has 0 aromatic carbocycles. The topological polar surface area (TPSA) is 76.4 Å². The maximum atomic E-state index is 11.0. The van der Waals surface area contributed by atoms with Gasteiger partial charge in [-0.2, -0.15) is 5.26 Å². The summed E-state index contributed by atoms with van der Waals surface area (Å²) in [5, 5.41) is 8.55. The van der Waals surface area contributed by atoms with Crippen molar-refractivity contribution in [3.8, 4) is 6.07 Å². The quantitative estimate of drug-likeness (QED) is 0.501. The SMILES string of the molecule is C=C(C)C(=O)OCC1CC(C#N)C(=O)O1.